The van der Waals surface area contributed by atoms with E-state index < -0.39 is 0 Å². The van der Waals surface area contributed by atoms with Gasteiger partial charge in [-0.25, -0.2) is 0 Å². The summed E-state index contributed by atoms with van der Waals surface area (Å²) in [6.45, 7) is 26.9. The molecule has 0 heterocycles. The van der Waals surface area contributed by atoms with Gasteiger partial charge < -0.3 is 0 Å². The zero-order valence-electron chi connectivity index (χ0n) is 21.9. The molecular weight excluding hydrogens is 378 g/mol. The lowest BCUT2D eigenvalue weighted by Crippen LogP contribution is -2.16. The Morgan fingerprint density at radius 2 is 0.806 bits per heavy atom. The Balaban J connectivity index is 2.42. The molecule has 3 heteroatoms. The molecular formula is C28H43N3. The summed E-state index contributed by atoms with van der Waals surface area (Å²) >= 11 is 0. The number of nitrogens with zero attached hydrogens (tertiary/aromatic N) is 2. The molecule has 170 valence electrons. The molecule has 2 aromatic carbocycles. The molecule has 0 aliphatic rings. The number of hydrogen-bond acceptors (Lipinski definition) is 2. The maximum atomic E-state index is 4.55. The lowest BCUT2D eigenvalue weighted by atomic mass is 9.80. The normalized spacial score (nSPS) is 13.7. The number of rotatable bonds is 3. The molecule has 0 bridgehead atoms. The Bertz CT molecular complexity index is 876. The molecule has 0 unspecified atom stereocenters. The maximum Gasteiger partial charge on any atom is 0.0880 e. The second kappa shape index (κ2) is 8.41. The molecule has 0 saturated heterocycles. The minimum Gasteiger partial charge on any atom is -0.260 e. The molecule has 0 fully saturated rings. The Morgan fingerprint density at radius 3 is 1.13 bits per heavy atom. The van der Waals surface area contributed by atoms with E-state index in [9.17, 15) is 0 Å². The van der Waals surface area contributed by atoms with E-state index in [0.717, 1.165) is 11.4 Å². The quantitative estimate of drug-likeness (QED) is 0.389. The first-order valence-electron chi connectivity index (χ1n) is 11.4. The fourth-order valence-electron chi connectivity index (χ4n) is 3.23. The third-order valence-corrected chi connectivity index (χ3v) is 5.66. The van der Waals surface area contributed by atoms with Crippen LogP contribution in [0, 0.1) is 0 Å². The smallest absolute Gasteiger partial charge is 0.0880 e. The van der Waals surface area contributed by atoms with E-state index in [-0.39, 0.29) is 21.7 Å². The van der Waals surface area contributed by atoms with Crippen LogP contribution in [-0.4, -0.2) is 0 Å². The van der Waals surface area contributed by atoms with Crippen LogP contribution in [0.5, 0.6) is 0 Å². The van der Waals surface area contributed by atoms with E-state index >= 15 is 0 Å². The van der Waals surface area contributed by atoms with Crippen molar-refractivity contribution in [2.45, 2.75) is 105 Å². The summed E-state index contributed by atoms with van der Waals surface area (Å²) in [7, 11) is 0. The predicted octanol–water partition coefficient (Wildman–Crippen LogP) is 8.99. The van der Waals surface area contributed by atoms with Gasteiger partial charge in [-0.2, -0.15) is 0 Å². The molecule has 2 aromatic rings. The first-order valence-corrected chi connectivity index (χ1v) is 11.4. The third kappa shape index (κ3) is 6.92. The van der Waals surface area contributed by atoms with Crippen molar-refractivity contribution in [3.63, 3.8) is 0 Å². The van der Waals surface area contributed by atoms with E-state index in [1.165, 1.54) is 22.3 Å². The van der Waals surface area contributed by atoms with Gasteiger partial charge in [-0.15, -0.1) is 5.11 Å². The van der Waals surface area contributed by atoms with Gasteiger partial charge in [0.15, 0.2) is 0 Å². The molecule has 0 atom stereocenters. The summed E-state index contributed by atoms with van der Waals surface area (Å²) in [5, 5.41) is 8.93. The Morgan fingerprint density at radius 1 is 0.484 bits per heavy atom. The summed E-state index contributed by atoms with van der Waals surface area (Å²) < 4.78 is 0. The van der Waals surface area contributed by atoms with Crippen molar-refractivity contribution in [2.24, 2.45) is 10.3 Å². The molecule has 0 amide bonds. The molecule has 0 spiro atoms. The second-order valence-corrected chi connectivity index (χ2v) is 12.9. The molecule has 0 aliphatic carbocycles. The monoisotopic (exact) mass is 421 g/mol. The summed E-state index contributed by atoms with van der Waals surface area (Å²) in [4.78, 5) is 0. The van der Waals surface area contributed by atoms with E-state index in [1.54, 1.807) is 0 Å². The van der Waals surface area contributed by atoms with Crippen LogP contribution in [0.25, 0.3) is 0 Å². The molecule has 0 aliphatic heterocycles. The van der Waals surface area contributed by atoms with Gasteiger partial charge in [-0.3, -0.25) is 5.43 Å². The maximum absolute atomic E-state index is 4.55. The molecule has 2 rings (SSSR count). The fourth-order valence-corrected chi connectivity index (χ4v) is 3.23. The van der Waals surface area contributed by atoms with E-state index in [4.69, 9.17) is 0 Å². The van der Waals surface area contributed by atoms with Crippen LogP contribution in [-0.2, 0) is 21.7 Å². The highest BCUT2D eigenvalue weighted by atomic mass is 15.4. The highest BCUT2D eigenvalue weighted by Crippen LogP contribution is 2.34. The lowest BCUT2D eigenvalue weighted by molar-refractivity contribution is 0.568. The first-order chi connectivity index (χ1) is 13.9. The topological polar surface area (TPSA) is 36.8 Å². The van der Waals surface area contributed by atoms with Crippen LogP contribution >= 0.6 is 0 Å². The average Bonchev–Trinajstić information content (AvgIpc) is 2.58. The van der Waals surface area contributed by atoms with E-state index in [0.29, 0.717) is 0 Å². The second-order valence-electron chi connectivity index (χ2n) is 12.9. The molecule has 0 saturated carbocycles. The summed E-state index contributed by atoms with van der Waals surface area (Å²) in [6.07, 6.45) is 0. The zero-order chi connectivity index (χ0) is 23.8. The van der Waals surface area contributed by atoms with Crippen molar-refractivity contribution >= 4 is 11.4 Å². The Kier molecular flexibility index (Phi) is 6.81. The van der Waals surface area contributed by atoms with E-state index in [2.05, 4.69) is 135 Å². The van der Waals surface area contributed by atoms with Crippen LogP contribution in [0.3, 0.4) is 0 Å². The molecule has 0 radical (unpaired) electrons. The SMILES string of the molecule is CC(C)(C)c1cc(N=NNc2cc(C(C)(C)C)cc(C(C)(C)C)c2)cc(C(C)(C)C)c1. The third-order valence-electron chi connectivity index (χ3n) is 5.66. The van der Waals surface area contributed by atoms with E-state index in [1.807, 2.05) is 0 Å². The molecule has 1 N–H and O–H groups in total. The van der Waals surface area contributed by atoms with Crippen molar-refractivity contribution in [1.29, 1.82) is 0 Å². The van der Waals surface area contributed by atoms with Crippen LogP contribution < -0.4 is 5.43 Å². The first kappa shape index (κ1) is 25.1. The molecule has 0 aromatic heterocycles. The largest absolute Gasteiger partial charge is 0.260 e. The summed E-state index contributed by atoms with van der Waals surface area (Å²) in [5.41, 5.74) is 10.4. The molecule has 31 heavy (non-hydrogen) atoms. The minimum absolute atomic E-state index is 0.0572. The van der Waals surface area contributed by atoms with Crippen LogP contribution in [0.2, 0.25) is 0 Å². The minimum atomic E-state index is 0.0572. The number of benzene rings is 2. The summed E-state index contributed by atoms with van der Waals surface area (Å²) in [6, 6.07) is 13.3. The average molecular weight is 422 g/mol. The van der Waals surface area contributed by atoms with Crippen molar-refractivity contribution in [3.05, 3.63) is 58.7 Å². The van der Waals surface area contributed by atoms with Crippen LogP contribution in [0.1, 0.15) is 105 Å². The Hall–Kier alpha value is -2.16. The predicted molar refractivity (Wildman–Crippen MR) is 136 cm³/mol. The van der Waals surface area contributed by atoms with Gasteiger partial charge in [0, 0.05) is 0 Å². The van der Waals surface area contributed by atoms with Gasteiger partial charge in [-0.05, 0) is 68.2 Å². The van der Waals surface area contributed by atoms with Crippen LogP contribution in [0.4, 0.5) is 11.4 Å². The number of anilines is 1. The summed E-state index contributed by atoms with van der Waals surface area (Å²) in [5.74, 6) is 0. The Labute approximate surface area is 190 Å². The van der Waals surface area contributed by atoms with Gasteiger partial charge in [0.1, 0.15) is 0 Å². The van der Waals surface area contributed by atoms with Gasteiger partial charge in [0.05, 0.1) is 11.4 Å². The standard InChI is InChI=1S/C28H43N3/c1-25(2,3)19-13-20(26(4,5)6)16-23(15-19)29-31-30-24-17-21(27(7,8)9)14-22(18-24)28(10,11)12/h13-18H,1-12H3,(H,29,30). The van der Waals surface area contributed by atoms with Gasteiger partial charge in [-0.1, -0.05) is 100 Å². The van der Waals surface area contributed by atoms with Crippen molar-refractivity contribution in [3.8, 4) is 0 Å². The van der Waals surface area contributed by atoms with Crippen LogP contribution in [0.15, 0.2) is 46.7 Å². The molecule has 3 nitrogen and oxygen atoms in total. The van der Waals surface area contributed by atoms with Crippen molar-refractivity contribution in [1.82, 2.24) is 0 Å². The van der Waals surface area contributed by atoms with Gasteiger partial charge in [0.25, 0.3) is 0 Å². The number of nitrogens with one attached hydrogen (secondary N) is 1. The highest BCUT2D eigenvalue weighted by Gasteiger charge is 2.22. The number of hydrogen-bond donors (Lipinski definition) is 1. The lowest BCUT2D eigenvalue weighted by Gasteiger charge is -2.26. The zero-order valence-corrected chi connectivity index (χ0v) is 21.9. The van der Waals surface area contributed by atoms with Gasteiger partial charge in [0.2, 0.25) is 0 Å². The van der Waals surface area contributed by atoms with Crippen molar-refractivity contribution in [2.75, 3.05) is 5.43 Å². The highest BCUT2D eigenvalue weighted by molar-refractivity contribution is 5.52. The fraction of sp³-hybridized carbons (Fsp3) is 0.571. The van der Waals surface area contributed by atoms with Gasteiger partial charge >= 0.3 is 0 Å². The van der Waals surface area contributed by atoms with Crippen molar-refractivity contribution < 1.29 is 0 Å².